The summed E-state index contributed by atoms with van der Waals surface area (Å²) >= 11 is 0. The molecule has 7 aromatic carbocycles. The molecule has 0 fully saturated rings. The summed E-state index contributed by atoms with van der Waals surface area (Å²) in [6.07, 6.45) is 13.6. The third kappa shape index (κ3) is 7.26. The zero-order valence-corrected chi connectivity index (χ0v) is 31.4. The summed E-state index contributed by atoms with van der Waals surface area (Å²) in [5.41, 5.74) is 17.6. The fraction of sp³-hybridized carbons (Fsp3) is 0.0189. The fourth-order valence-corrected chi connectivity index (χ4v) is 7.36. The van der Waals surface area contributed by atoms with Gasteiger partial charge in [0.2, 0.25) is 0 Å². The number of pyridine rings is 1. The van der Waals surface area contributed by atoms with E-state index in [9.17, 15) is 0 Å². The van der Waals surface area contributed by atoms with Crippen LogP contribution in [0.25, 0.3) is 71.4 Å². The molecule has 56 heavy (non-hydrogen) atoms. The summed E-state index contributed by atoms with van der Waals surface area (Å²) in [7, 11) is 0. The second-order valence-electron chi connectivity index (χ2n) is 13.7. The van der Waals surface area contributed by atoms with Crippen molar-refractivity contribution in [3.8, 4) is 22.3 Å². The monoisotopic (exact) mass is 719 g/mol. The minimum Gasteiger partial charge on any atom is -0.383 e. The second-order valence-corrected chi connectivity index (χ2v) is 13.7. The van der Waals surface area contributed by atoms with E-state index in [1.807, 2.05) is 55.6 Å². The molecule has 2 N–H and O–H groups in total. The van der Waals surface area contributed by atoms with E-state index in [1.54, 1.807) is 12.3 Å². The van der Waals surface area contributed by atoms with Crippen LogP contribution < -0.4 is 5.73 Å². The van der Waals surface area contributed by atoms with Gasteiger partial charge >= 0.3 is 0 Å². The smallest absolute Gasteiger partial charge is 0.131 e. The SMILES string of the molecule is C=C/C=C(\C=C/C)c1cccc(C(=C)/C=C(\N=C(N)c2ccc(-c3ccc4c5ccccc5c5ccccc5c4c3)cc2)c2ccc(-c3cccnc3)cc2)c1. The molecule has 1 heterocycles. The van der Waals surface area contributed by atoms with Gasteiger partial charge in [-0.2, -0.15) is 0 Å². The summed E-state index contributed by atoms with van der Waals surface area (Å²) in [5.74, 6) is 0.418. The minimum absolute atomic E-state index is 0.418. The lowest BCUT2D eigenvalue weighted by atomic mass is 9.92. The predicted octanol–water partition coefficient (Wildman–Crippen LogP) is 13.5. The number of amidine groups is 1. The van der Waals surface area contributed by atoms with Crippen LogP contribution in [0.4, 0.5) is 0 Å². The predicted molar refractivity (Wildman–Crippen MR) is 241 cm³/mol. The summed E-state index contributed by atoms with van der Waals surface area (Å²) < 4.78 is 0. The first-order valence-corrected chi connectivity index (χ1v) is 18.8. The lowest BCUT2D eigenvalue weighted by Crippen LogP contribution is -2.13. The van der Waals surface area contributed by atoms with Crippen molar-refractivity contribution in [1.82, 2.24) is 4.98 Å². The van der Waals surface area contributed by atoms with E-state index in [4.69, 9.17) is 10.7 Å². The van der Waals surface area contributed by atoms with E-state index in [0.717, 1.165) is 55.7 Å². The average molecular weight is 720 g/mol. The summed E-state index contributed by atoms with van der Waals surface area (Å²) in [5, 5.41) is 7.55. The van der Waals surface area contributed by atoms with E-state index in [0.29, 0.717) is 11.5 Å². The molecule has 0 saturated heterocycles. The fourth-order valence-electron chi connectivity index (χ4n) is 7.36. The molecule has 8 aromatic rings. The van der Waals surface area contributed by atoms with Gasteiger partial charge in [0.05, 0.1) is 5.70 Å². The number of benzene rings is 7. The molecule has 0 radical (unpaired) electrons. The molecule has 3 nitrogen and oxygen atoms in total. The Morgan fingerprint density at radius 1 is 0.571 bits per heavy atom. The van der Waals surface area contributed by atoms with Crippen LogP contribution in [-0.2, 0) is 0 Å². The Kier molecular flexibility index (Phi) is 10.1. The number of nitrogens with two attached hydrogens (primary N) is 1. The molecule has 0 aliphatic carbocycles. The molecular formula is C53H41N3. The van der Waals surface area contributed by atoms with Gasteiger partial charge in [-0.1, -0.05) is 171 Å². The molecule has 1 aromatic heterocycles. The maximum absolute atomic E-state index is 6.82. The maximum atomic E-state index is 6.82. The van der Waals surface area contributed by atoms with Crippen molar-refractivity contribution in [3.63, 3.8) is 0 Å². The molecule has 0 amide bonds. The van der Waals surface area contributed by atoms with Gasteiger partial charge in [0.15, 0.2) is 0 Å². The van der Waals surface area contributed by atoms with Gasteiger partial charge in [-0.3, -0.25) is 4.98 Å². The van der Waals surface area contributed by atoms with Crippen LogP contribution in [0.2, 0.25) is 0 Å². The number of aromatic nitrogens is 1. The number of nitrogens with zero attached hydrogens (tertiary/aromatic N) is 2. The van der Waals surface area contributed by atoms with Crippen molar-refractivity contribution >= 4 is 55.0 Å². The summed E-state index contributed by atoms with van der Waals surface area (Å²) in [6, 6.07) is 53.1. The Hall–Kier alpha value is -7.36. The third-order valence-corrected chi connectivity index (χ3v) is 10.2. The van der Waals surface area contributed by atoms with Gasteiger partial charge < -0.3 is 5.73 Å². The molecule has 0 aliphatic heterocycles. The molecule has 0 atom stereocenters. The number of hydrogen-bond donors (Lipinski definition) is 1. The Labute approximate surface area is 328 Å². The van der Waals surface area contributed by atoms with Crippen molar-refractivity contribution in [3.05, 3.63) is 230 Å². The maximum Gasteiger partial charge on any atom is 0.131 e. The highest BCUT2D eigenvalue weighted by Gasteiger charge is 2.12. The number of aliphatic imine (C=N–C) groups is 1. The van der Waals surface area contributed by atoms with E-state index in [-0.39, 0.29) is 0 Å². The normalized spacial score (nSPS) is 12.5. The van der Waals surface area contributed by atoms with Gasteiger partial charge in [0.1, 0.15) is 5.84 Å². The van der Waals surface area contributed by atoms with Crippen LogP contribution >= 0.6 is 0 Å². The van der Waals surface area contributed by atoms with Crippen molar-refractivity contribution in [2.45, 2.75) is 6.92 Å². The van der Waals surface area contributed by atoms with E-state index >= 15 is 0 Å². The second kappa shape index (κ2) is 15.9. The molecule has 0 unspecified atom stereocenters. The zero-order valence-electron chi connectivity index (χ0n) is 31.4. The molecule has 0 saturated carbocycles. The van der Waals surface area contributed by atoms with E-state index in [1.165, 1.54) is 32.3 Å². The number of hydrogen-bond acceptors (Lipinski definition) is 2. The zero-order chi connectivity index (χ0) is 38.4. The van der Waals surface area contributed by atoms with Crippen molar-refractivity contribution in [1.29, 1.82) is 0 Å². The Balaban J connectivity index is 1.15. The van der Waals surface area contributed by atoms with Gasteiger partial charge in [-0.25, -0.2) is 4.99 Å². The molecular weight excluding hydrogens is 679 g/mol. The first-order valence-electron chi connectivity index (χ1n) is 18.8. The Morgan fingerprint density at radius 3 is 1.79 bits per heavy atom. The highest BCUT2D eigenvalue weighted by molar-refractivity contribution is 6.25. The quantitative estimate of drug-likeness (QED) is 0.0662. The van der Waals surface area contributed by atoms with Gasteiger partial charge in [-0.15, -0.1) is 0 Å². The van der Waals surface area contributed by atoms with Crippen LogP contribution in [0.5, 0.6) is 0 Å². The first kappa shape index (κ1) is 35.7. The third-order valence-electron chi connectivity index (χ3n) is 10.2. The highest BCUT2D eigenvalue weighted by atomic mass is 14.9. The highest BCUT2D eigenvalue weighted by Crippen LogP contribution is 2.37. The molecule has 3 heteroatoms. The van der Waals surface area contributed by atoms with Crippen molar-refractivity contribution in [2.75, 3.05) is 0 Å². The Bertz CT molecular complexity index is 2840. The number of rotatable bonds is 10. The standard InChI is InChI=1S/C53H41N3/c1-4-12-37(13-5-2)43-15-10-14-42(33-43)36(3)32-52(40-25-21-39(22-26-40)45-16-11-31-55-35-45)56-53(54)41-27-23-38(24-28-41)44-29-30-50-48-19-7-6-17-46(48)47-18-8-9-20-49(47)51(50)34-44/h4-35H,1,3H2,2H3,(H2,54,56)/b13-5-,37-12+,52-32-. The molecule has 0 aliphatic rings. The van der Waals surface area contributed by atoms with Crippen molar-refractivity contribution < 1.29 is 0 Å². The molecule has 0 spiro atoms. The molecule has 0 bridgehead atoms. The lowest BCUT2D eigenvalue weighted by Gasteiger charge is -2.12. The van der Waals surface area contributed by atoms with Crippen LogP contribution in [0.1, 0.15) is 29.2 Å². The minimum atomic E-state index is 0.418. The Morgan fingerprint density at radius 2 is 1.16 bits per heavy atom. The molecule has 8 rings (SSSR count). The lowest BCUT2D eigenvalue weighted by molar-refractivity contribution is 1.33. The van der Waals surface area contributed by atoms with E-state index in [2.05, 4.69) is 152 Å². The van der Waals surface area contributed by atoms with Gasteiger partial charge in [-0.05, 0) is 108 Å². The first-order chi connectivity index (χ1) is 27.5. The van der Waals surface area contributed by atoms with E-state index < -0.39 is 0 Å². The van der Waals surface area contributed by atoms with Crippen molar-refractivity contribution in [2.24, 2.45) is 10.7 Å². The number of fused-ring (bicyclic) bond motifs is 6. The van der Waals surface area contributed by atoms with Crippen LogP contribution in [0.15, 0.2) is 213 Å². The number of allylic oxidation sites excluding steroid dienone is 7. The largest absolute Gasteiger partial charge is 0.383 e. The van der Waals surface area contributed by atoms with Crippen LogP contribution in [-0.4, -0.2) is 10.8 Å². The van der Waals surface area contributed by atoms with Gasteiger partial charge in [0.25, 0.3) is 0 Å². The average Bonchev–Trinajstić information content (AvgIpc) is 3.26. The molecule has 268 valence electrons. The van der Waals surface area contributed by atoms with Crippen LogP contribution in [0, 0.1) is 0 Å². The summed E-state index contributed by atoms with van der Waals surface area (Å²) in [4.78, 5) is 9.35. The van der Waals surface area contributed by atoms with Crippen LogP contribution in [0.3, 0.4) is 0 Å². The topological polar surface area (TPSA) is 51.3 Å². The summed E-state index contributed by atoms with van der Waals surface area (Å²) in [6.45, 7) is 10.4. The van der Waals surface area contributed by atoms with Gasteiger partial charge in [0, 0.05) is 23.5 Å².